The maximum Gasteiger partial charge on any atom is 0.305 e. The fourth-order valence-corrected chi connectivity index (χ4v) is 13.2. The molecule has 0 aromatic carbocycles. The first-order valence-electron chi connectivity index (χ1n) is 40.4. The smallest absolute Gasteiger partial charge is 0.305 e. The second-order valence-electron chi connectivity index (χ2n) is 28.1. The van der Waals surface area contributed by atoms with Gasteiger partial charge in [0.25, 0.3) is 0 Å². The number of rotatable bonds is 77. The summed E-state index contributed by atoms with van der Waals surface area (Å²) in [6, 6.07) is -0.538. The largest absolute Gasteiger partial charge is 0.466 e. The maximum atomic E-state index is 12.6. The summed E-state index contributed by atoms with van der Waals surface area (Å²) in [5.74, 6) is -0.000764. The van der Waals surface area contributed by atoms with Gasteiger partial charge in [-0.25, -0.2) is 0 Å². The Morgan fingerprint density at radius 1 is 0.310 bits per heavy atom. The monoisotopic (exact) mass is 1230 g/mol. The number of nitrogens with one attached hydrogen (secondary N) is 1. The molecule has 3 N–H and O–H groups in total. The third kappa shape index (κ3) is 73.5. The quantitative estimate of drug-likeness (QED) is 0.0320. The third-order valence-electron chi connectivity index (χ3n) is 19.3. The van der Waals surface area contributed by atoms with Gasteiger partial charge in [-0.2, -0.15) is 0 Å². The van der Waals surface area contributed by atoms with Gasteiger partial charge in [-0.1, -0.05) is 418 Å². The molecule has 0 bridgehead atoms. The van der Waals surface area contributed by atoms with Gasteiger partial charge in [-0.3, -0.25) is 9.59 Å². The zero-order valence-corrected chi connectivity index (χ0v) is 59.5. The molecule has 0 aliphatic heterocycles. The molecule has 0 fully saturated rings. The summed E-state index contributed by atoms with van der Waals surface area (Å²) in [4.78, 5) is 24.6. The van der Waals surface area contributed by atoms with Crippen LogP contribution in [0.2, 0.25) is 0 Å². The number of unbranched alkanes of at least 4 members (excludes halogenated alkanes) is 64. The number of hydrogen-bond donors (Lipinski definition) is 3. The lowest BCUT2D eigenvalue weighted by Crippen LogP contribution is -2.45. The predicted octanol–water partition coefficient (Wildman–Crippen LogP) is 26.7. The van der Waals surface area contributed by atoms with Gasteiger partial charge in [-0.05, 0) is 51.4 Å². The molecule has 0 saturated heterocycles. The Balaban J connectivity index is 3.32. The molecule has 0 aliphatic rings. The minimum atomic E-state index is -0.662. The molecule has 87 heavy (non-hydrogen) atoms. The molecule has 0 saturated carbocycles. The molecular formula is C81H159NO5. The Morgan fingerprint density at radius 3 is 0.816 bits per heavy atom. The number of ether oxygens (including phenoxy) is 1. The minimum absolute atomic E-state index is 0.0249. The van der Waals surface area contributed by atoms with Gasteiger partial charge in [0.15, 0.2) is 0 Å². The van der Waals surface area contributed by atoms with Crippen molar-refractivity contribution in [3.8, 4) is 0 Å². The molecule has 2 atom stereocenters. The van der Waals surface area contributed by atoms with Gasteiger partial charge in [0.1, 0.15) is 0 Å². The van der Waals surface area contributed by atoms with Crippen molar-refractivity contribution in [2.24, 2.45) is 0 Å². The average molecular weight is 1230 g/mol. The summed E-state index contributed by atoms with van der Waals surface area (Å²) in [5, 5.41) is 23.4. The molecule has 0 aromatic heterocycles. The zero-order chi connectivity index (χ0) is 62.8. The average Bonchev–Trinajstić information content (AvgIpc) is 3.53. The number of aliphatic hydroxyl groups is 2. The van der Waals surface area contributed by atoms with E-state index in [0.29, 0.717) is 25.9 Å². The van der Waals surface area contributed by atoms with E-state index >= 15 is 0 Å². The first-order valence-corrected chi connectivity index (χ1v) is 40.4. The number of carbonyl (C=O) groups is 2. The van der Waals surface area contributed by atoms with Crippen molar-refractivity contribution in [3.63, 3.8) is 0 Å². The van der Waals surface area contributed by atoms with E-state index in [1.807, 2.05) is 0 Å². The van der Waals surface area contributed by atoms with Crippen LogP contribution in [-0.2, 0) is 14.3 Å². The van der Waals surface area contributed by atoms with Crippen LogP contribution in [0.25, 0.3) is 0 Å². The van der Waals surface area contributed by atoms with E-state index in [4.69, 9.17) is 4.74 Å². The fourth-order valence-electron chi connectivity index (χ4n) is 13.2. The predicted molar refractivity (Wildman–Crippen MR) is 384 cm³/mol. The lowest BCUT2D eigenvalue weighted by Gasteiger charge is -2.22. The van der Waals surface area contributed by atoms with Crippen molar-refractivity contribution >= 4 is 11.9 Å². The number of amides is 1. The molecule has 6 nitrogen and oxygen atoms in total. The van der Waals surface area contributed by atoms with Crippen LogP contribution in [0, 0.1) is 0 Å². The van der Waals surface area contributed by atoms with Gasteiger partial charge < -0.3 is 20.3 Å². The molecule has 2 unspecified atom stereocenters. The number of aliphatic hydroxyl groups excluding tert-OH is 2. The summed E-state index contributed by atoms with van der Waals surface area (Å²) in [6.45, 7) is 5.01. The minimum Gasteiger partial charge on any atom is -0.466 e. The maximum absolute atomic E-state index is 12.6. The van der Waals surface area contributed by atoms with Crippen LogP contribution in [0.4, 0.5) is 0 Å². The number of allylic oxidation sites excluding steroid dienone is 2. The Morgan fingerprint density at radius 2 is 0.540 bits per heavy atom. The zero-order valence-electron chi connectivity index (χ0n) is 59.5. The standard InChI is InChI=1S/C81H159NO5/c1-3-5-7-9-11-13-15-17-19-20-40-43-46-49-53-57-61-65-69-73-79(84)78(77-83)82-80(85)74-70-66-62-58-54-50-47-44-41-38-36-34-32-30-28-26-24-22-21-23-25-27-29-31-33-35-37-39-42-45-48-52-56-60-64-68-72-76-87-81(86)75-71-67-63-59-55-51-18-16-14-12-10-8-6-4-2/h21,23,78-79,83-84H,3-20,22,24-77H2,1-2H3,(H,82,85)/b23-21-. The summed E-state index contributed by atoms with van der Waals surface area (Å²) < 4.78 is 5.50. The van der Waals surface area contributed by atoms with E-state index in [0.717, 1.165) is 38.5 Å². The highest BCUT2D eigenvalue weighted by Gasteiger charge is 2.20. The lowest BCUT2D eigenvalue weighted by molar-refractivity contribution is -0.143. The van der Waals surface area contributed by atoms with Gasteiger partial charge in [0.05, 0.1) is 25.4 Å². The molecule has 1 amide bonds. The molecule has 0 rings (SSSR count). The SMILES string of the molecule is CCCCCCCCCCCCCCCCCCCCCC(O)C(CO)NC(=O)CCCCCCCCCCCCCCCCCCC/C=C\CCCCCCCCCCCCCCCCCCOC(=O)CCCCCCCCCCCCCCCC. The lowest BCUT2D eigenvalue weighted by atomic mass is 10.0. The van der Waals surface area contributed by atoms with E-state index in [1.54, 1.807) is 0 Å². The van der Waals surface area contributed by atoms with Crippen LogP contribution in [0.15, 0.2) is 12.2 Å². The molecule has 0 heterocycles. The van der Waals surface area contributed by atoms with Crippen molar-refractivity contribution < 1.29 is 24.5 Å². The van der Waals surface area contributed by atoms with Crippen LogP contribution in [0.3, 0.4) is 0 Å². The number of hydrogen-bond acceptors (Lipinski definition) is 5. The normalized spacial score (nSPS) is 12.5. The Hall–Kier alpha value is -1.40. The van der Waals surface area contributed by atoms with Crippen LogP contribution in [0.5, 0.6) is 0 Å². The van der Waals surface area contributed by atoms with E-state index in [2.05, 4.69) is 31.3 Å². The number of esters is 1. The van der Waals surface area contributed by atoms with E-state index in [-0.39, 0.29) is 18.5 Å². The Bertz CT molecular complexity index is 1320. The summed E-state index contributed by atoms with van der Waals surface area (Å²) in [6.07, 6.45) is 97.5. The molecule has 518 valence electrons. The number of carbonyl (C=O) groups excluding carboxylic acids is 2. The second kappa shape index (κ2) is 77.1. The molecular weight excluding hydrogens is 1070 g/mol. The van der Waals surface area contributed by atoms with Crippen molar-refractivity contribution in [2.75, 3.05) is 13.2 Å². The van der Waals surface area contributed by atoms with Crippen LogP contribution < -0.4 is 5.32 Å². The molecule has 0 aromatic rings. The highest BCUT2D eigenvalue weighted by Crippen LogP contribution is 2.20. The van der Waals surface area contributed by atoms with Gasteiger partial charge >= 0.3 is 5.97 Å². The van der Waals surface area contributed by atoms with Gasteiger partial charge in [0, 0.05) is 12.8 Å². The van der Waals surface area contributed by atoms with E-state index in [1.165, 1.54) is 398 Å². The van der Waals surface area contributed by atoms with Crippen molar-refractivity contribution in [2.45, 2.75) is 482 Å². The van der Waals surface area contributed by atoms with E-state index < -0.39 is 12.1 Å². The van der Waals surface area contributed by atoms with Crippen molar-refractivity contribution in [1.29, 1.82) is 0 Å². The Kier molecular flexibility index (Phi) is 75.8. The molecule has 0 aliphatic carbocycles. The first kappa shape index (κ1) is 85.6. The fraction of sp³-hybridized carbons (Fsp3) is 0.951. The summed E-state index contributed by atoms with van der Waals surface area (Å²) in [5.41, 5.74) is 0. The molecule has 6 heteroatoms. The molecule has 0 radical (unpaired) electrons. The van der Waals surface area contributed by atoms with Crippen LogP contribution in [-0.4, -0.2) is 47.4 Å². The summed E-state index contributed by atoms with van der Waals surface area (Å²) in [7, 11) is 0. The van der Waals surface area contributed by atoms with Crippen LogP contribution >= 0.6 is 0 Å². The van der Waals surface area contributed by atoms with Crippen molar-refractivity contribution in [1.82, 2.24) is 5.32 Å². The van der Waals surface area contributed by atoms with Gasteiger partial charge in [-0.15, -0.1) is 0 Å². The Labute approximate surface area is 546 Å². The second-order valence-corrected chi connectivity index (χ2v) is 28.1. The molecule has 0 spiro atoms. The highest BCUT2D eigenvalue weighted by atomic mass is 16.5. The highest BCUT2D eigenvalue weighted by molar-refractivity contribution is 5.76. The summed E-state index contributed by atoms with van der Waals surface area (Å²) >= 11 is 0. The van der Waals surface area contributed by atoms with Crippen LogP contribution in [0.1, 0.15) is 470 Å². The third-order valence-corrected chi connectivity index (χ3v) is 19.3. The van der Waals surface area contributed by atoms with Crippen molar-refractivity contribution in [3.05, 3.63) is 12.2 Å². The first-order chi connectivity index (χ1) is 43.0. The van der Waals surface area contributed by atoms with Gasteiger partial charge in [0.2, 0.25) is 5.91 Å². The van der Waals surface area contributed by atoms with E-state index in [9.17, 15) is 19.8 Å². The topological polar surface area (TPSA) is 95.9 Å².